The van der Waals surface area contributed by atoms with Crippen molar-refractivity contribution in [1.29, 1.82) is 0 Å². The maximum absolute atomic E-state index is 12.0. The molecule has 0 fully saturated rings. The van der Waals surface area contributed by atoms with Crippen LogP contribution >= 0.6 is 11.8 Å². The molecule has 0 saturated heterocycles. The van der Waals surface area contributed by atoms with Crippen molar-refractivity contribution in [3.05, 3.63) is 60.4 Å². The number of rotatable bonds is 4. The first-order chi connectivity index (χ1) is 10.2. The Kier molecular flexibility index (Phi) is 3.92. The van der Waals surface area contributed by atoms with Crippen molar-refractivity contribution in [2.45, 2.75) is 12.1 Å². The highest BCUT2D eigenvalue weighted by Gasteiger charge is 2.08. The summed E-state index contributed by atoms with van der Waals surface area (Å²) in [5, 5.41) is 3.75. The molecule has 21 heavy (non-hydrogen) atoms. The molecular formula is C16H15N3OS. The van der Waals surface area contributed by atoms with Crippen molar-refractivity contribution in [3.8, 4) is 0 Å². The standard InChI is InChI=1S/C16H15N3OS/c1-12-6-2-3-8-14(12)18-15(20)11-21-16-17-10-13-7-4-5-9-19(13)16/h2-10H,11H2,1H3,(H,18,20). The summed E-state index contributed by atoms with van der Waals surface area (Å²) in [5.41, 5.74) is 2.94. The molecule has 3 rings (SSSR count). The smallest absolute Gasteiger partial charge is 0.234 e. The van der Waals surface area contributed by atoms with E-state index in [-0.39, 0.29) is 5.91 Å². The number of fused-ring (bicyclic) bond motifs is 1. The fourth-order valence-corrected chi connectivity index (χ4v) is 2.82. The van der Waals surface area contributed by atoms with E-state index in [1.165, 1.54) is 11.8 Å². The van der Waals surface area contributed by atoms with E-state index in [0.717, 1.165) is 21.9 Å². The van der Waals surface area contributed by atoms with Crippen LogP contribution in [0.15, 0.2) is 60.0 Å². The molecule has 2 heterocycles. The number of para-hydroxylation sites is 1. The predicted octanol–water partition coefficient (Wildman–Crippen LogP) is 3.37. The number of imidazole rings is 1. The third-order valence-electron chi connectivity index (χ3n) is 3.16. The van der Waals surface area contributed by atoms with Crippen molar-refractivity contribution in [1.82, 2.24) is 9.38 Å². The van der Waals surface area contributed by atoms with Gasteiger partial charge in [0, 0.05) is 11.9 Å². The lowest BCUT2D eigenvalue weighted by atomic mass is 10.2. The minimum Gasteiger partial charge on any atom is -0.325 e. The van der Waals surface area contributed by atoms with Crippen LogP contribution in [-0.4, -0.2) is 21.0 Å². The number of anilines is 1. The Morgan fingerprint density at radius 1 is 1.24 bits per heavy atom. The van der Waals surface area contributed by atoms with Crippen LogP contribution in [0.25, 0.3) is 5.52 Å². The van der Waals surface area contributed by atoms with Crippen LogP contribution in [0.5, 0.6) is 0 Å². The van der Waals surface area contributed by atoms with Crippen LogP contribution in [0.2, 0.25) is 0 Å². The SMILES string of the molecule is Cc1ccccc1NC(=O)CSc1ncc2ccccn12. The number of aryl methyl sites for hydroxylation is 1. The monoisotopic (exact) mass is 297 g/mol. The van der Waals surface area contributed by atoms with Gasteiger partial charge in [0.25, 0.3) is 0 Å². The molecule has 1 amide bonds. The number of thioether (sulfide) groups is 1. The first kappa shape index (κ1) is 13.7. The molecule has 1 aromatic carbocycles. The van der Waals surface area contributed by atoms with Gasteiger partial charge in [0.05, 0.1) is 17.5 Å². The molecule has 0 radical (unpaired) electrons. The molecule has 3 aromatic rings. The minimum atomic E-state index is -0.0259. The first-order valence-corrected chi connectivity index (χ1v) is 7.63. The Hall–Kier alpha value is -2.27. The highest BCUT2D eigenvalue weighted by atomic mass is 32.2. The fraction of sp³-hybridized carbons (Fsp3) is 0.125. The van der Waals surface area contributed by atoms with Crippen LogP contribution in [0.3, 0.4) is 0 Å². The number of pyridine rings is 1. The number of benzene rings is 1. The summed E-state index contributed by atoms with van der Waals surface area (Å²) in [6.45, 7) is 1.98. The lowest BCUT2D eigenvalue weighted by Crippen LogP contribution is -2.15. The number of aromatic nitrogens is 2. The fourth-order valence-electron chi connectivity index (χ4n) is 2.06. The number of nitrogens with zero attached hydrogens (tertiary/aromatic N) is 2. The normalized spacial score (nSPS) is 10.7. The Morgan fingerprint density at radius 2 is 2.05 bits per heavy atom. The van der Waals surface area contributed by atoms with Gasteiger partial charge in [0.1, 0.15) is 0 Å². The number of hydrogen-bond donors (Lipinski definition) is 1. The van der Waals surface area contributed by atoms with Crippen LogP contribution in [0, 0.1) is 6.92 Å². The van der Waals surface area contributed by atoms with E-state index in [1.54, 1.807) is 0 Å². The largest absolute Gasteiger partial charge is 0.325 e. The van der Waals surface area contributed by atoms with Crippen molar-refractivity contribution in [2.75, 3.05) is 11.1 Å². The van der Waals surface area contributed by atoms with E-state index < -0.39 is 0 Å². The van der Waals surface area contributed by atoms with Crippen LogP contribution in [0.1, 0.15) is 5.56 Å². The molecule has 0 aliphatic rings. The zero-order valence-electron chi connectivity index (χ0n) is 11.6. The second-order valence-corrected chi connectivity index (χ2v) is 5.63. The molecule has 0 aliphatic carbocycles. The number of carbonyl (C=O) groups excluding carboxylic acids is 1. The Bertz CT molecular complexity index is 782. The minimum absolute atomic E-state index is 0.0259. The number of hydrogen-bond acceptors (Lipinski definition) is 3. The predicted molar refractivity (Wildman–Crippen MR) is 85.7 cm³/mol. The van der Waals surface area contributed by atoms with Crippen LogP contribution in [-0.2, 0) is 4.79 Å². The van der Waals surface area contributed by atoms with E-state index in [1.807, 2.05) is 66.2 Å². The molecule has 0 saturated carbocycles. The average molecular weight is 297 g/mol. The summed E-state index contributed by atoms with van der Waals surface area (Å²) in [6, 6.07) is 13.7. The average Bonchev–Trinajstić information content (AvgIpc) is 2.91. The molecule has 0 atom stereocenters. The molecule has 2 aromatic heterocycles. The van der Waals surface area contributed by atoms with Gasteiger partial charge in [0.15, 0.2) is 5.16 Å². The molecule has 106 valence electrons. The Balaban J connectivity index is 1.65. The topological polar surface area (TPSA) is 46.4 Å². The van der Waals surface area contributed by atoms with Gasteiger partial charge in [0.2, 0.25) is 5.91 Å². The van der Waals surface area contributed by atoms with Gasteiger partial charge in [-0.25, -0.2) is 4.98 Å². The summed E-state index contributed by atoms with van der Waals surface area (Å²) in [4.78, 5) is 16.4. The lowest BCUT2D eigenvalue weighted by Gasteiger charge is -2.07. The molecule has 0 unspecified atom stereocenters. The molecule has 5 heteroatoms. The Labute approximate surface area is 127 Å². The van der Waals surface area contributed by atoms with Gasteiger partial charge >= 0.3 is 0 Å². The molecule has 0 aliphatic heterocycles. The van der Waals surface area contributed by atoms with E-state index in [9.17, 15) is 4.79 Å². The number of carbonyl (C=O) groups is 1. The van der Waals surface area contributed by atoms with E-state index >= 15 is 0 Å². The second kappa shape index (κ2) is 6.01. The van der Waals surface area contributed by atoms with E-state index in [0.29, 0.717) is 5.75 Å². The van der Waals surface area contributed by atoms with Gasteiger partial charge in [-0.05, 0) is 30.7 Å². The van der Waals surface area contributed by atoms with Crippen molar-refractivity contribution >= 4 is 28.9 Å². The van der Waals surface area contributed by atoms with Crippen molar-refractivity contribution in [3.63, 3.8) is 0 Å². The third-order valence-corrected chi connectivity index (χ3v) is 4.12. The maximum Gasteiger partial charge on any atom is 0.234 e. The van der Waals surface area contributed by atoms with Gasteiger partial charge in [-0.3, -0.25) is 9.20 Å². The molecule has 0 bridgehead atoms. The van der Waals surface area contributed by atoms with E-state index in [4.69, 9.17) is 0 Å². The molecule has 4 nitrogen and oxygen atoms in total. The second-order valence-electron chi connectivity index (χ2n) is 4.69. The number of nitrogens with one attached hydrogen (secondary N) is 1. The first-order valence-electron chi connectivity index (χ1n) is 6.64. The summed E-state index contributed by atoms with van der Waals surface area (Å²) >= 11 is 1.43. The third kappa shape index (κ3) is 3.08. The quantitative estimate of drug-likeness (QED) is 0.751. The zero-order chi connectivity index (χ0) is 14.7. The summed E-state index contributed by atoms with van der Waals surface area (Å²) in [6.07, 6.45) is 3.76. The number of amides is 1. The summed E-state index contributed by atoms with van der Waals surface area (Å²) in [5.74, 6) is 0.310. The van der Waals surface area contributed by atoms with Gasteiger partial charge < -0.3 is 5.32 Å². The van der Waals surface area contributed by atoms with Gasteiger partial charge in [-0.1, -0.05) is 36.0 Å². The van der Waals surface area contributed by atoms with Crippen LogP contribution < -0.4 is 5.32 Å². The van der Waals surface area contributed by atoms with Gasteiger partial charge in [-0.2, -0.15) is 0 Å². The van der Waals surface area contributed by atoms with Crippen molar-refractivity contribution in [2.24, 2.45) is 0 Å². The molecular weight excluding hydrogens is 282 g/mol. The summed E-state index contributed by atoms with van der Waals surface area (Å²) in [7, 11) is 0. The highest BCUT2D eigenvalue weighted by Crippen LogP contribution is 2.19. The molecule has 0 spiro atoms. The zero-order valence-corrected chi connectivity index (χ0v) is 12.4. The Morgan fingerprint density at radius 3 is 2.90 bits per heavy atom. The lowest BCUT2D eigenvalue weighted by molar-refractivity contribution is -0.113. The highest BCUT2D eigenvalue weighted by molar-refractivity contribution is 7.99. The van der Waals surface area contributed by atoms with Gasteiger partial charge in [-0.15, -0.1) is 0 Å². The summed E-state index contributed by atoms with van der Waals surface area (Å²) < 4.78 is 1.98. The maximum atomic E-state index is 12.0. The van der Waals surface area contributed by atoms with E-state index in [2.05, 4.69) is 10.3 Å². The van der Waals surface area contributed by atoms with Crippen LogP contribution in [0.4, 0.5) is 5.69 Å². The molecule has 1 N–H and O–H groups in total. The van der Waals surface area contributed by atoms with Crippen molar-refractivity contribution < 1.29 is 4.79 Å².